The van der Waals surface area contributed by atoms with E-state index in [1.54, 1.807) is 0 Å². The van der Waals surface area contributed by atoms with Crippen LogP contribution in [0.15, 0.2) is 303 Å². The minimum Gasteiger partial charge on any atom is -0.309 e. The van der Waals surface area contributed by atoms with Gasteiger partial charge in [-0.3, -0.25) is 0 Å². The smallest absolute Gasteiger partial charge is 0.160 e. The Hall–Kier alpha value is -13.6. The van der Waals surface area contributed by atoms with Crippen molar-refractivity contribution in [1.29, 1.82) is 0 Å². The second-order valence-electron chi connectivity index (χ2n) is 29.6. The second kappa shape index (κ2) is 25.1. The second-order valence-corrected chi connectivity index (χ2v) is 29.6. The fourth-order valence-electron chi connectivity index (χ4n) is 17.1. The molecule has 6 heterocycles. The van der Waals surface area contributed by atoms with Crippen molar-refractivity contribution >= 4 is 87.2 Å². The van der Waals surface area contributed by atoms with Crippen molar-refractivity contribution in [3.8, 4) is 102 Å². The number of hydrogen-bond acceptors (Lipinski definition) is 4. The van der Waals surface area contributed by atoms with Crippen LogP contribution >= 0.6 is 0 Å². The first-order chi connectivity index (χ1) is 52.8. The zero-order valence-electron chi connectivity index (χ0n) is 61.4. The maximum atomic E-state index is 5.53. The zero-order chi connectivity index (χ0) is 72.7. The third-order valence-corrected chi connectivity index (χ3v) is 22.3. The van der Waals surface area contributed by atoms with Crippen molar-refractivity contribution in [2.24, 2.45) is 0 Å². The van der Waals surface area contributed by atoms with Crippen molar-refractivity contribution in [1.82, 2.24) is 38.2 Å². The van der Waals surface area contributed by atoms with Crippen molar-refractivity contribution in [3.63, 3.8) is 0 Å². The van der Waals surface area contributed by atoms with Gasteiger partial charge in [0.25, 0.3) is 0 Å². The Bertz CT molecular complexity index is 7010. The SMILES string of the molecule is Cc1cccc(-c2cc(-c3cc(C)c(-n4c5ccccc5c5cc(-n6c7ccccc7c7ccc(-c8ccc(C)c(-c9nc(-c%10ccc(-n%11c%12ccccc%12c%12cc(-n%13c%14ccc(C)cc%14c%14cc(C)ccc%14%13)ccc%12%11)cc%10)cc(-c%10ccccc%10C)n9)c8)cc76)ccc54)c(C)c3)nc(-c3cccc(C)c3)n2)c1. The number of benzene rings is 14. The van der Waals surface area contributed by atoms with E-state index in [1.807, 2.05) is 0 Å². The summed E-state index contributed by atoms with van der Waals surface area (Å²) < 4.78 is 9.75. The van der Waals surface area contributed by atoms with Gasteiger partial charge in [-0.15, -0.1) is 0 Å². The van der Waals surface area contributed by atoms with E-state index >= 15 is 0 Å². The van der Waals surface area contributed by atoms with Crippen LogP contribution in [0.5, 0.6) is 0 Å². The lowest BCUT2D eigenvalue weighted by molar-refractivity contribution is 1.11. The molecule has 0 spiro atoms. The van der Waals surface area contributed by atoms with E-state index in [4.69, 9.17) is 19.9 Å². The van der Waals surface area contributed by atoms with Gasteiger partial charge < -0.3 is 18.3 Å². The third-order valence-electron chi connectivity index (χ3n) is 22.3. The molecule has 0 unspecified atom stereocenters. The summed E-state index contributed by atoms with van der Waals surface area (Å²) in [5, 5.41) is 9.72. The average molecular weight is 1390 g/mol. The van der Waals surface area contributed by atoms with Gasteiger partial charge in [0.1, 0.15) is 0 Å². The van der Waals surface area contributed by atoms with Gasteiger partial charge >= 0.3 is 0 Å². The Kier molecular flexibility index (Phi) is 14.9. The fourth-order valence-corrected chi connectivity index (χ4v) is 17.1. The molecule has 0 N–H and O–H groups in total. The van der Waals surface area contributed by atoms with Gasteiger partial charge in [0.15, 0.2) is 11.6 Å². The summed E-state index contributed by atoms with van der Waals surface area (Å²) in [5.74, 6) is 1.39. The average Bonchev–Trinajstić information content (AvgIpc) is 1.57. The molecule has 0 fully saturated rings. The van der Waals surface area contributed by atoms with E-state index in [0.29, 0.717) is 11.6 Å². The Morgan fingerprint density at radius 3 is 1.24 bits per heavy atom. The van der Waals surface area contributed by atoms with Gasteiger partial charge in [0, 0.05) is 93.5 Å². The first-order valence-corrected chi connectivity index (χ1v) is 37.2. The molecule has 14 aromatic carbocycles. The van der Waals surface area contributed by atoms with Crippen LogP contribution in [0, 0.1) is 55.4 Å². The molecule has 20 rings (SSSR count). The summed E-state index contributed by atoms with van der Waals surface area (Å²) in [4.78, 5) is 21.5. The van der Waals surface area contributed by atoms with Gasteiger partial charge in [0.2, 0.25) is 0 Å². The van der Waals surface area contributed by atoms with E-state index in [1.165, 1.54) is 76.4 Å². The molecule has 0 bridgehead atoms. The summed E-state index contributed by atoms with van der Waals surface area (Å²) in [6, 6.07) is 111. The molecule has 514 valence electrons. The normalized spacial score (nSPS) is 11.9. The standard InChI is InChI=1S/C100H74N8/c1-59-19-17-22-70(47-59)87-57-88(102-99(101-87)71-23-18-20-60(2)48-71)72-51-65(7)98(66(8)52-72)108-92-30-16-13-27-79(92)85-56-75(41-46-96(85)108)107-90-28-14-11-25-77(90)80-42-37-69(54-97(80)107)68-34-33-64(6)81(53-68)100-103-86(58-89(104-100)76-24-10-9-21-63(76)5)67-35-38-73(39-36-67)105-91-29-15-12-26-78(91)84-55-74(40-45-95(84)105)106-93-43-31-61(3)49-82(93)83-50-62(4)32-44-94(83)106/h9-58H,1-8H3. The van der Waals surface area contributed by atoms with Crippen LogP contribution in [0.1, 0.15) is 44.5 Å². The number of fused-ring (bicyclic) bond motifs is 12. The highest BCUT2D eigenvalue weighted by Crippen LogP contribution is 2.44. The number of para-hydroxylation sites is 3. The molecular weight excluding hydrogens is 1310 g/mol. The molecular formula is C100H74N8. The maximum absolute atomic E-state index is 5.53. The van der Waals surface area contributed by atoms with Crippen LogP contribution in [-0.4, -0.2) is 38.2 Å². The Morgan fingerprint density at radius 2 is 0.611 bits per heavy atom. The summed E-state index contributed by atoms with van der Waals surface area (Å²) in [7, 11) is 0. The molecule has 0 amide bonds. The number of nitrogens with zero attached hydrogens (tertiary/aromatic N) is 8. The minimum atomic E-state index is 0.676. The fraction of sp³-hybridized carbons (Fsp3) is 0.0800. The van der Waals surface area contributed by atoms with E-state index in [2.05, 4.69) is 377 Å². The van der Waals surface area contributed by atoms with Crippen molar-refractivity contribution in [3.05, 3.63) is 348 Å². The van der Waals surface area contributed by atoms with Gasteiger partial charge in [-0.1, -0.05) is 186 Å². The van der Waals surface area contributed by atoms with E-state index in [9.17, 15) is 0 Å². The molecule has 108 heavy (non-hydrogen) atoms. The number of aromatic nitrogens is 8. The van der Waals surface area contributed by atoms with E-state index in [-0.39, 0.29) is 0 Å². The Balaban J connectivity index is 0.665. The molecule has 0 aliphatic carbocycles. The van der Waals surface area contributed by atoms with Crippen LogP contribution < -0.4 is 0 Å². The molecule has 6 aromatic heterocycles. The van der Waals surface area contributed by atoms with Crippen LogP contribution in [0.3, 0.4) is 0 Å². The highest BCUT2D eigenvalue weighted by atomic mass is 15.0. The van der Waals surface area contributed by atoms with Gasteiger partial charge in [-0.25, -0.2) is 19.9 Å². The molecule has 8 heteroatoms. The molecule has 0 saturated heterocycles. The lowest BCUT2D eigenvalue weighted by atomic mass is 9.97. The highest BCUT2D eigenvalue weighted by Gasteiger charge is 2.24. The number of aryl methyl sites for hydroxylation is 8. The topological polar surface area (TPSA) is 71.3 Å². The Morgan fingerprint density at radius 1 is 0.194 bits per heavy atom. The quantitative estimate of drug-likeness (QED) is 0.129. The molecule has 0 atom stereocenters. The van der Waals surface area contributed by atoms with E-state index < -0.39 is 0 Å². The predicted molar refractivity (Wildman–Crippen MR) is 451 cm³/mol. The van der Waals surface area contributed by atoms with Crippen LogP contribution in [0.4, 0.5) is 0 Å². The van der Waals surface area contributed by atoms with Gasteiger partial charge in [0.05, 0.1) is 72.6 Å². The van der Waals surface area contributed by atoms with E-state index in [0.717, 1.165) is 145 Å². The van der Waals surface area contributed by atoms with Crippen molar-refractivity contribution in [2.45, 2.75) is 55.4 Å². The molecule has 0 saturated carbocycles. The van der Waals surface area contributed by atoms with Crippen molar-refractivity contribution in [2.75, 3.05) is 0 Å². The first kappa shape index (κ1) is 64.1. The number of hydrogen-bond donors (Lipinski definition) is 0. The molecule has 0 aliphatic rings. The van der Waals surface area contributed by atoms with Crippen LogP contribution in [0.2, 0.25) is 0 Å². The monoisotopic (exact) mass is 1390 g/mol. The van der Waals surface area contributed by atoms with Crippen LogP contribution in [-0.2, 0) is 0 Å². The largest absolute Gasteiger partial charge is 0.309 e. The van der Waals surface area contributed by atoms with Gasteiger partial charge in [-0.05, 0) is 228 Å². The lowest BCUT2D eigenvalue weighted by Crippen LogP contribution is -2.02. The predicted octanol–water partition coefficient (Wildman–Crippen LogP) is 25.8. The van der Waals surface area contributed by atoms with Crippen LogP contribution in [0.25, 0.3) is 189 Å². The summed E-state index contributed by atoms with van der Waals surface area (Å²) in [6.45, 7) is 17.4. The number of rotatable bonds is 11. The summed E-state index contributed by atoms with van der Waals surface area (Å²) >= 11 is 0. The summed E-state index contributed by atoms with van der Waals surface area (Å²) in [5.41, 5.74) is 35.0. The summed E-state index contributed by atoms with van der Waals surface area (Å²) in [6.07, 6.45) is 0. The molecule has 0 aliphatic heterocycles. The third kappa shape index (κ3) is 10.6. The zero-order valence-corrected chi connectivity index (χ0v) is 61.4. The molecule has 8 nitrogen and oxygen atoms in total. The van der Waals surface area contributed by atoms with Crippen molar-refractivity contribution < 1.29 is 0 Å². The molecule has 20 aromatic rings. The highest BCUT2D eigenvalue weighted by molar-refractivity contribution is 6.15. The minimum absolute atomic E-state index is 0.676. The maximum Gasteiger partial charge on any atom is 0.160 e. The van der Waals surface area contributed by atoms with Gasteiger partial charge in [-0.2, -0.15) is 0 Å². The lowest BCUT2D eigenvalue weighted by Gasteiger charge is -2.17. The first-order valence-electron chi connectivity index (χ1n) is 37.2. The Labute approximate surface area is 626 Å². The molecule has 0 radical (unpaired) electrons.